The van der Waals surface area contributed by atoms with Crippen LogP contribution in [0, 0.1) is 0 Å². The van der Waals surface area contributed by atoms with Gasteiger partial charge in [0.2, 0.25) is 5.91 Å². The molecule has 1 aromatic carbocycles. The molecule has 9 heteroatoms. The Morgan fingerprint density at radius 2 is 1.61 bits per heavy atom. The SMILES string of the molecule is CC(=O)Nc1ccc(NC(=O)c2cc(C(F)(F)F)n(C)n2)cc1. The molecule has 0 spiro atoms. The molecule has 0 aliphatic heterocycles. The summed E-state index contributed by atoms with van der Waals surface area (Å²) in [4.78, 5) is 22.8. The lowest BCUT2D eigenvalue weighted by Crippen LogP contribution is -2.13. The Balaban J connectivity index is 2.12. The van der Waals surface area contributed by atoms with Crippen LogP contribution < -0.4 is 10.6 Å². The number of carbonyl (C=O) groups excluding carboxylic acids is 2. The van der Waals surface area contributed by atoms with E-state index in [2.05, 4.69) is 15.7 Å². The van der Waals surface area contributed by atoms with E-state index >= 15 is 0 Å². The molecule has 0 saturated carbocycles. The number of rotatable bonds is 3. The van der Waals surface area contributed by atoms with Crippen molar-refractivity contribution < 1.29 is 22.8 Å². The summed E-state index contributed by atoms with van der Waals surface area (Å²) in [5.74, 6) is -1.00. The summed E-state index contributed by atoms with van der Waals surface area (Å²) in [6.45, 7) is 1.36. The minimum absolute atomic E-state index is 0.241. The molecule has 122 valence electrons. The Kier molecular flexibility index (Phi) is 4.39. The first-order chi connectivity index (χ1) is 10.7. The molecule has 0 radical (unpaired) electrons. The molecule has 0 saturated heterocycles. The Morgan fingerprint density at radius 1 is 1.09 bits per heavy atom. The molecule has 2 amide bonds. The quantitative estimate of drug-likeness (QED) is 0.910. The highest BCUT2D eigenvalue weighted by atomic mass is 19.4. The van der Waals surface area contributed by atoms with Gasteiger partial charge in [0.15, 0.2) is 5.69 Å². The van der Waals surface area contributed by atoms with Gasteiger partial charge in [-0.25, -0.2) is 0 Å². The molecule has 2 rings (SSSR count). The third kappa shape index (κ3) is 4.09. The molecule has 2 N–H and O–H groups in total. The molecule has 0 fully saturated rings. The third-order valence-electron chi connectivity index (χ3n) is 2.87. The van der Waals surface area contributed by atoms with Crippen LogP contribution in [0.5, 0.6) is 0 Å². The Hall–Kier alpha value is -2.84. The fraction of sp³-hybridized carbons (Fsp3) is 0.214. The predicted molar refractivity (Wildman–Crippen MR) is 76.9 cm³/mol. The van der Waals surface area contributed by atoms with Crippen molar-refractivity contribution in [3.8, 4) is 0 Å². The molecular weight excluding hydrogens is 313 g/mol. The predicted octanol–water partition coefficient (Wildman–Crippen LogP) is 2.65. The number of benzene rings is 1. The van der Waals surface area contributed by atoms with E-state index in [1.807, 2.05) is 0 Å². The molecule has 6 nitrogen and oxygen atoms in total. The van der Waals surface area contributed by atoms with Crippen LogP contribution in [-0.2, 0) is 18.0 Å². The minimum Gasteiger partial charge on any atom is -0.326 e. The van der Waals surface area contributed by atoms with Crippen LogP contribution in [0.3, 0.4) is 0 Å². The number of alkyl halides is 3. The standard InChI is InChI=1S/C14H13F3N4O2/c1-8(22)18-9-3-5-10(6-4-9)19-13(23)11-7-12(14(15,16)17)21(2)20-11/h3-7H,1-2H3,(H,18,22)(H,19,23). The fourth-order valence-corrected chi connectivity index (χ4v) is 1.88. The first-order valence-electron chi connectivity index (χ1n) is 6.47. The van der Waals surface area contributed by atoms with Gasteiger partial charge >= 0.3 is 6.18 Å². The van der Waals surface area contributed by atoms with Crippen molar-refractivity contribution >= 4 is 23.2 Å². The maximum absolute atomic E-state index is 12.7. The molecule has 1 heterocycles. The van der Waals surface area contributed by atoms with E-state index in [0.717, 1.165) is 7.05 Å². The van der Waals surface area contributed by atoms with Crippen molar-refractivity contribution in [2.75, 3.05) is 10.6 Å². The highest BCUT2D eigenvalue weighted by Crippen LogP contribution is 2.29. The van der Waals surface area contributed by atoms with E-state index in [1.165, 1.54) is 19.1 Å². The van der Waals surface area contributed by atoms with Crippen molar-refractivity contribution in [2.24, 2.45) is 7.05 Å². The number of carbonyl (C=O) groups is 2. The number of anilines is 2. The molecular formula is C14H13F3N4O2. The van der Waals surface area contributed by atoms with Gasteiger partial charge in [-0.3, -0.25) is 14.3 Å². The van der Waals surface area contributed by atoms with Gasteiger partial charge in [-0.15, -0.1) is 0 Å². The number of aryl methyl sites for hydroxylation is 1. The fourth-order valence-electron chi connectivity index (χ4n) is 1.88. The summed E-state index contributed by atoms with van der Waals surface area (Å²) in [5.41, 5.74) is -0.453. The average molecular weight is 326 g/mol. The number of aromatic nitrogens is 2. The summed E-state index contributed by atoms with van der Waals surface area (Å²) in [7, 11) is 1.11. The maximum atomic E-state index is 12.7. The topological polar surface area (TPSA) is 76.0 Å². The van der Waals surface area contributed by atoms with Gasteiger partial charge in [-0.05, 0) is 24.3 Å². The van der Waals surface area contributed by atoms with Crippen molar-refractivity contribution in [3.63, 3.8) is 0 Å². The second kappa shape index (κ2) is 6.11. The Bertz CT molecular complexity index is 735. The average Bonchev–Trinajstić information content (AvgIpc) is 2.82. The number of hydrogen-bond acceptors (Lipinski definition) is 3. The van der Waals surface area contributed by atoms with Gasteiger partial charge < -0.3 is 10.6 Å². The molecule has 23 heavy (non-hydrogen) atoms. The first kappa shape index (κ1) is 16.5. The van der Waals surface area contributed by atoms with Gasteiger partial charge in [0.25, 0.3) is 5.91 Å². The van der Waals surface area contributed by atoms with E-state index in [0.29, 0.717) is 22.1 Å². The molecule has 0 unspecified atom stereocenters. The summed E-state index contributed by atoms with van der Waals surface area (Å²) in [6, 6.07) is 6.81. The molecule has 1 aromatic heterocycles. The van der Waals surface area contributed by atoms with E-state index in [9.17, 15) is 22.8 Å². The Labute approximate surface area is 129 Å². The van der Waals surface area contributed by atoms with Gasteiger partial charge in [0, 0.05) is 31.4 Å². The van der Waals surface area contributed by atoms with Crippen molar-refractivity contribution in [3.05, 3.63) is 41.7 Å². The molecule has 0 atom stereocenters. The molecule has 2 aromatic rings. The van der Waals surface area contributed by atoms with Gasteiger partial charge in [0.05, 0.1) is 0 Å². The van der Waals surface area contributed by atoms with Crippen LogP contribution in [0.25, 0.3) is 0 Å². The van der Waals surface area contributed by atoms with Gasteiger partial charge in [0.1, 0.15) is 5.69 Å². The zero-order chi connectivity index (χ0) is 17.2. The lowest BCUT2D eigenvalue weighted by Gasteiger charge is -2.05. The lowest BCUT2D eigenvalue weighted by atomic mass is 10.2. The zero-order valence-electron chi connectivity index (χ0n) is 12.2. The number of halogens is 3. The minimum atomic E-state index is -4.58. The maximum Gasteiger partial charge on any atom is 0.433 e. The largest absolute Gasteiger partial charge is 0.433 e. The Morgan fingerprint density at radius 3 is 2.04 bits per heavy atom. The number of nitrogens with zero attached hydrogens (tertiary/aromatic N) is 2. The molecule has 0 aliphatic carbocycles. The van der Waals surface area contributed by atoms with Crippen LogP contribution in [0.15, 0.2) is 30.3 Å². The summed E-state index contributed by atoms with van der Waals surface area (Å²) in [5, 5.41) is 8.55. The summed E-state index contributed by atoms with van der Waals surface area (Å²) >= 11 is 0. The van der Waals surface area contributed by atoms with E-state index in [4.69, 9.17) is 0 Å². The van der Waals surface area contributed by atoms with Crippen LogP contribution in [-0.4, -0.2) is 21.6 Å². The second-order valence-electron chi connectivity index (χ2n) is 4.75. The van der Waals surface area contributed by atoms with E-state index in [1.54, 1.807) is 12.1 Å². The van der Waals surface area contributed by atoms with Crippen LogP contribution in [0.1, 0.15) is 23.1 Å². The summed E-state index contributed by atoms with van der Waals surface area (Å²) in [6.07, 6.45) is -4.58. The van der Waals surface area contributed by atoms with E-state index in [-0.39, 0.29) is 11.6 Å². The van der Waals surface area contributed by atoms with Gasteiger partial charge in [-0.1, -0.05) is 0 Å². The van der Waals surface area contributed by atoms with Gasteiger partial charge in [-0.2, -0.15) is 18.3 Å². The van der Waals surface area contributed by atoms with Crippen molar-refractivity contribution in [1.29, 1.82) is 0 Å². The lowest BCUT2D eigenvalue weighted by molar-refractivity contribution is -0.143. The highest BCUT2D eigenvalue weighted by molar-refractivity contribution is 6.03. The molecule has 0 aliphatic rings. The number of amides is 2. The highest BCUT2D eigenvalue weighted by Gasteiger charge is 2.35. The first-order valence-corrected chi connectivity index (χ1v) is 6.47. The van der Waals surface area contributed by atoms with Crippen LogP contribution in [0.2, 0.25) is 0 Å². The number of hydrogen-bond donors (Lipinski definition) is 2. The van der Waals surface area contributed by atoms with Crippen LogP contribution >= 0.6 is 0 Å². The second-order valence-corrected chi connectivity index (χ2v) is 4.75. The van der Waals surface area contributed by atoms with Crippen molar-refractivity contribution in [2.45, 2.75) is 13.1 Å². The third-order valence-corrected chi connectivity index (χ3v) is 2.87. The summed E-state index contributed by atoms with van der Waals surface area (Å²) < 4.78 is 38.6. The zero-order valence-corrected chi connectivity index (χ0v) is 12.2. The van der Waals surface area contributed by atoms with Crippen molar-refractivity contribution in [1.82, 2.24) is 9.78 Å². The molecule has 0 bridgehead atoms. The van der Waals surface area contributed by atoms with Crippen LogP contribution in [0.4, 0.5) is 24.5 Å². The number of nitrogens with one attached hydrogen (secondary N) is 2. The smallest absolute Gasteiger partial charge is 0.326 e. The monoisotopic (exact) mass is 326 g/mol. The van der Waals surface area contributed by atoms with E-state index < -0.39 is 17.8 Å². The normalized spacial score (nSPS) is 11.2.